The van der Waals surface area contributed by atoms with Gasteiger partial charge in [-0.15, -0.1) is 0 Å². The van der Waals surface area contributed by atoms with Crippen molar-refractivity contribution in [2.75, 3.05) is 17.2 Å². The number of hydrogen-bond donors (Lipinski definition) is 2. The van der Waals surface area contributed by atoms with Gasteiger partial charge in [-0.1, -0.05) is 22.0 Å². The van der Waals surface area contributed by atoms with Crippen LogP contribution in [0.3, 0.4) is 0 Å². The van der Waals surface area contributed by atoms with E-state index in [1.54, 1.807) is 12.1 Å². The number of rotatable bonds is 5. The quantitative estimate of drug-likeness (QED) is 0.865. The minimum absolute atomic E-state index is 0.127. The number of hydrogen-bond acceptors (Lipinski definition) is 4. The van der Waals surface area contributed by atoms with Crippen LogP contribution >= 0.6 is 15.9 Å². The van der Waals surface area contributed by atoms with Crippen molar-refractivity contribution in [3.8, 4) is 0 Å². The van der Waals surface area contributed by atoms with Gasteiger partial charge in [-0.3, -0.25) is 9.59 Å². The van der Waals surface area contributed by atoms with E-state index in [4.69, 9.17) is 0 Å². The number of aromatic nitrogens is 2. The molecule has 0 aliphatic rings. The molecule has 0 aliphatic heterocycles. The van der Waals surface area contributed by atoms with E-state index >= 15 is 0 Å². The van der Waals surface area contributed by atoms with Gasteiger partial charge in [0.15, 0.2) is 0 Å². The maximum absolute atomic E-state index is 11.9. The van der Waals surface area contributed by atoms with Crippen molar-refractivity contribution in [3.63, 3.8) is 0 Å². The summed E-state index contributed by atoms with van der Waals surface area (Å²) in [5.41, 5.74) is 0.982. The summed E-state index contributed by atoms with van der Waals surface area (Å²) in [7, 11) is 0. The van der Waals surface area contributed by atoms with E-state index < -0.39 is 0 Å². The highest BCUT2D eigenvalue weighted by Gasteiger charge is 2.07. The van der Waals surface area contributed by atoms with Crippen LogP contribution in [0.15, 0.2) is 45.8 Å². The third-order valence-corrected chi connectivity index (χ3v) is 3.15. The molecule has 2 aromatic rings. The van der Waals surface area contributed by atoms with Gasteiger partial charge in [0, 0.05) is 22.8 Å². The van der Waals surface area contributed by atoms with E-state index in [-0.39, 0.29) is 18.0 Å². The second-order valence-electron chi connectivity index (χ2n) is 4.33. The Balaban J connectivity index is 2.04. The molecule has 0 bridgehead atoms. The molecule has 0 fully saturated rings. The van der Waals surface area contributed by atoms with Gasteiger partial charge >= 0.3 is 0 Å². The second kappa shape index (κ2) is 7.03. The highest BCUT2D eigenvalue weighted by molar-refractivity contribution is 9.10. The van der Waals surface area contributed by atoms with Gasteiger partial charge in [0.1, 0.15) is 6.54 Å². The molecule has 1 heterocycles. The molecule has 0 aliphatic carbocycles. The predicted octanol–water partition coefficient (Wildman–Crippen LogP) is 2.08. The van der Waals surface area contributed by atoms with Crippen LogP contribution in [-0.2, 0) is 11.3 Å². The smallest absolute Gasteiger partial charge is 0.269 e. The molecular weight excluding hydrogens is 336 g/mol. The molecule has 0 unspecified atom stereocenters. The number of amides is 1. The lowest BCUT2D eigenvalue weighted by Gasteiger charge is -2.08. The lowest BCUT2D eigenvalue weighted by molar-refractivity contribution is -0.117. The van der Waals surface area contributed by atoms with Crippen molar-refractivity contribution in [3.05, 3.63) is 51.4 Å². The van der Waals surface area contributed by atoms with Crippen molar-refractivity contribution in [2.45, 2.75) is 13.5 Å². The Kier molecular flexibility index (Phi) is 5.10. The second-order valence-corrected chi connectivity index (χ2v) is 5.24. The zero-order chi connectivity index (χ0) is 15.2. The maximum atomic E-state index is 11.9. The highest BCUT2D eigenvalue weighted by atomic mass is 79.9. The Morgan fingerprint density at radius 3 is 2.81 bits per heavy atom. The molecule has 21 heavy (non-hydrogen) atoms. The fourth-order valence-electron chi connectivity index (χ4n) is 1.76. The van der Waals surface area contributed by atoms with Gasteiger partial charge in [-0.25, -0.2) is 4.68 Å². The van der Waals surface area contributed by atoms with Crippen molar-refractivity contribution in [1.29, 1.82) is 0 Å². The van der Waals surface area contributed by atoms with E-state index in [9.17, 15) is 9.59 Å². The minimum Gasteiger partial charge on any atom is -0.384 e. The van der Waals surface area contributed by atoms with Crippen LogP contribution in [0.5, 0.6) is 0 Å². The molecule has 0 radical (unpaired) electrons. The lowest BCUT2D eigenvalue weighted by Crippen LogP contribution is -2.29. The molecule has 2 N–H and O–H groups in total. The summed E-state index contributed by atoms with van der Waals surface area (Å²) in [5.74, 6) is -0.307. The molecule has 1 aromatic carbocycles. The number of anilines is 2. The minimum atomic E-state index is -0.321. The van der Waals surface area contributed by atoms with Crippen LogP contribution in [0, 0.1) is 0 Å². The van der Waals surface area contributed by atoms with Crippen LogP contribution in [0.1, 0.15) is 6.92 Å². The first-order chi connectivity index (χ1) is 10.1. The average Bonchev–Trinajstić information content (AvgIpc) is 2.42. The van der Waals surface area contributed by atoms with Crippen molar-refractivity contribution < 1.29 is 4.79 Å². The van der Waals surface area contributed by atoms with Gasteiger partial charge < -0.3 is 10.6 Å². The molecule has 6 nitrogen and oxygen atoms in total. The maximum Gasteiger partial charge on any atom is 0.269 e. The van der Waals surface area contributed by atoms with Crippen LogP contribution in [0.2, 0.25) is 0 Å². The molecule has 7 heteroatoms. The first-order valence-electron chi connectivity index (χ1n) is 6.45. The van der Waals surface area contributed by atoms with E-state index in [1.807, 2.05) is 19.1 Å². The van der Waals surface area contributed by atoms with Crippen molar-refractivity contribution in [2.24, 2.45) is 0 Å². The largest absolute Gasteiger partial charge is 0.384 e. The van der Waals surface area contributed by atoms with E-state index in [1.165, 1.54) is 12.3 Å². The molecule has 0 spiro atoms. The molecule has 110 valence electrons. The summed E-state index contributed by atoms with van der Waals surface area (Å²) in [6.45, 7) is 2.50. The Hall–Kier alpha value is -2.15. The average molecular weight is 351 g/mol. The fraction of sp³-hybridized carbons (Fsp3) is 0.214. The standard InChI is InChI=1S/C14H15BrN4O2/c1-2-16-12-7-14(21)19(17-8-12)9-13(20)18-11-5-3-4-10(15)6-11/h3-8,16H,2,9H2,1H3,(H,18,20). The molecule has 0 atom stereocenters. The van der Waals surface area contributed by atoms with Crippen LogP contribution in [-0.4, -0.2) is 22.2 Å². The topological polar surface area (TPSA) is 76.0 Å². The Labute approximate surface area is 130 Å². The van der Waals surface area contributed by atoms with E-state index in [0.717, 1.165) is 9.15 Å². The van der Waals surface area contributed by atoms with Gasteiger partial charge in [-0.2, -0.15) is 5.10 Å². The molecule has 1 aromatic heterocycles. The van der Waals surface area contributed by atoms with Crippen LogP contribution in [0.4, 0.5) is 11.4 Å². The molecule has 0 saturated carbocycles. The first-order valence-corrected chi connectivity index (χ1v) is 7.24. The summed E-state index contributed by atoms with van der Waals surface area (Å²) < 4.78 is 1.99. The third-order valence-electron chi connectivity index (χ3n) is 2.65. The number of carbonyl (C=O) groups excluding carboxylic acids is 1. The zero-order valence-electron chi connectivity index (χ0n) is 11.5. The van der Waals surface area contributed by atoms with E-state index in [0.29, 0.717) is 17.9 Å². The lowest BCUT2D eigenvalue weighted by atomic mass is 10.3. The van der Waals surface area contributed by atoms with Gasteiger partial charge in [0.2, 0.25) is 5.91 Å². The fourth-order valence-corrected chi connectivity index (χ4v) is 2.16. The van der Waals surface area contributed by atoms with Gasteiger partial charge in [-0.05, 0) is 25.1 Å². The summed E-state index contributed by atoms with van der Waals surface area (Å²) in [5, 5.41) is 9.67. The summed E-state index contributed by atoms with van der Waals surface area (Å²) in [4.78, 5) is 23.7. The summed E-state index contributed by atoms with van der Waals surface area (Å²) >= 11 is 3.33. The SMILES string of the molecule is CCNc1cnn(CC(=O)Nc2cccc(Br)c2)c(=O)c1. The number of nitrogens with zero attached hydrogens (tertiary/aromatic N) is 2. The monoisotopic (exact) mass is 350 g/mol. The number of nitrogens with one attached hydrogen (secondary N) is 2. The first kappa shape index (κ1) is 15.2. The highest BCUT2D eigenvalue weighted by Crippen LogP contribution is 2.15. The third kappa shape index (κ3) is 4.42. The number of benzene rings is 1. The van der Waals surface area contributed by atoms with E-state index in [2.05, 4.69) is 31.7 Å². The normalized spacial score (nSPS) is 10.2. The summed E-state index contributed by atoms with van der Waals surface area (Å²) in [6.07, 6.45) is 1.53. The Morgan fingerprint density at radius 1 is 1.33 bits per heavy atom. The van der Waals surface area contributed by atoms with Crippen molar-refractivity contribution in [1.82, 2.24) is 9.78 Å². The van der Waals surface area contributed by atoms with Crippen molar-refractivity contribution >= 4 is 33.2 Å². The summed E-state index contributed by atoms with van der Waals surface area (Å²) in [6, 6.07) is 8.65. The van der Waals surface area contributed by atoms with Gasteiger partial charge in [0.05, 0.1) is 11.9 Å². The molecule has 1 amide bonds. The Bertz CT molecular complexity index is 699. The van der Waals surface area contributed by atoms with Crippen LogP contribution in [0.25, 0.3) is 0 Å². The van der Waals surface area contributed by atoms with Gasteiger partial charge in [0.25, 0.3) is 5.56 Å². The molecule has 2 rings (SSSR count). The Morgan fingerprint density at radius 2 is 2.14 bits per heavy atom. The number of carbonyl (C=O) groups is 1. The molecular formula is C14H15BrN4O2. The molecule has 0 saturated heterocycles. The number of halogens is 1. The van der Waals surface area contributed by atoms with Crippen LogP contribution < -0.4 is 16.2 Å². The zero-order valence-corrected chi connectivity index (χ0v) is 13.1. The predicted molar refractivity (Wildman–Crippen MR) is 85.4 cm³/mol.